The molecular formula is C33H38FN3O3. The number of carbonyl (C=O) groups excluding carboxylic acids is 2. The van der Waals surface area contributed by atoms with Crippen molar-refractivity contribution in [1.82, 2.24) is 15.1 Å². The molecule has 6 nitrogen and oxygen atoms in total. The molecular weight excluding hydrogens is 505 g/mol. The average Bonchev–Trinajstić information content (AvgIpc) is 3.62. The third kappa shape index (κ3) is 5.06. The van der Waals surface area contributed by atoms with Gasteiger partial charge >= 0.3 is 5.97 Å². The number of esters is 1. The van der Waals surface area contributed by atoms with Crippen molar-refractivity contribution in [2.75, 3.05) is 6.61 Å². The van der Waals surface area contributed by atoms with Gasteiger partial charge in [0.25, 0.3) is 5.91 Å². The Morgan fingerprint density at radius 2 is 1.77 bits per heavy atom. The number of fused-ring (bicyclic) bond motifs is 3. The zero-order valence-corrected chi connectivity index (χ0v) is 23.4. The highest BCUT2D eigenvalue weighted by molar-refractivity contribution is 5.95. The van der Waals surface area contributed by atoms with Gasteiger partial charge < -0.3 is 10.1 Å². The summed E-state index contributed by atoms with van der Waals surface area (Å²) in [6.45, 7) is 4.25. The van der Waals surface area contributed by atoms with Crippen molar-refractivity contribution >= 4 is 11.9 Å². The fourth-order valence-electron chi connectivity index (χ4n) is 7.42. The van der Waals surface area contributed by atoms with Crippen LogP contribution in [0.15, 0.2) is 48.5 Å². The molecule has 0 spiro atoms. The van der Waals surface area contributed by atoms with Gasteiger partial charge in [-0.2, -0.15) is 5.10 Å². The van der Waals surface area contributed by atoms with Crippen LogP contribution in [-0.4, -0.2) is 34.3 Å². The summed E-state index contributed by atoms with van der Waals surface area (Å²) in [4.78, 5) is 26.9. The monoisotopic (exact) mass is 543 g/mol. The van der Waals surface area contributed by atoms with Gasteiger partial charge in [-0.15, -0.1) is 0 Å². The summed E-state index contributed by atoms with van der Waals surface area (Å²) in [5.74, 6) is -0.299. The molecule has 1 N–H and O–H groups in total. The maximum atomic E-state index is 14.0. The average molecular weight is 544 g/mol. The predicted octanol–water partition coefficient (Wildman–Crippen LogP) is 6.08. The van der Waals surface area contributed by atoms with Gasteiger partial charge in [-0.1, -0.05) is 36.2 Å². The van der Waals surface area contributed by atoms with E-state index in [1.165, 1.54) is 23.3 Å². The van der Waals surface area contributed by atoms with Crippen molar-refractivity contribution in [3.05, 3.63) is 82.4 Å². The number of ether oxygens (including phenoxy) is 1. The first-order valence-electron chi connectivity index (χ1n) is 14.8. The highest BCUT2D eigenvalue weighted by atomic mass is 19.1. The van der Waals surface area contributed by atoms with Gasteiger partial charge in [0.1, 0.15) is 5.82 Å². The zero-order chi connectivity index (χ0) is 27.8. The fraction of sp³-hybridized carbons (Fsp3) is 0.485. The van der Waals surface area contributed by atoms with Crippen LogP contribution in [0.3, 0.4) is 0 Å². The van der Waals surface area contributed by atoms with Crippen LogP contribution in [0.2, 0.25) is 0 Å². The number of carbonyl (C=O) groups is 2. The Morgan fingerprint density at radius 3 is 2.52 bits per heavy atom. The lowest BCUT2D eigenvalue weighted by molar-refractivity contribution is -0.150. The molecule has 2 fully saturated rings. The van der Waals surface area contributed by atoms with Gasteiger partial charge in [0, 0.05) is 17.5 Å². The smallest absolute Gasteiger partial charge is 0.311 e. The van der Waals surface area contributed by atoms with Crippen molar-refractivity contribution < 1.29 is 18.7 Å². The maximum Gasteiger partial charge on any atom is 0.311 e. The first-order valence-corrected chi connectivity index (χ1v) is 14.8. The number of aromatic nitrogens is 2. The summed E-state index contributed by atoms with van der Waals surface area (Å²) in [6.07, 6.45) is 7.63. The van der Waals surface area contributed by atoms with Gasteiger partial charge in [-0.05, 0) is 100 Å². The summed E-state index contributed by atoms with van der Waals surface area (Å²) in [7, 11) is 0. The molecule has 0 aliphatic heterocycles. The summed E-state index contributed by atoms with van der Waals surface area (Å²) in [6, 6.07) is 14.7. The van der Waals surface area contributed by atoms with Crippen molar-refractivity contribution in [1.29, 1.82) is 0 Å². The summed E-state index contributed by atoms with van der Waals surface area (Å²) in [5, 5.41) is 8.17. The Bertz CT molecular complexity index is 1380. The molecule has 3 aliphatic rings. The molecule has 7 heteroatoms. The standard InChI is InChI=1S/C33H38FN3O3/c1-3-40-33(39)28-22-12-13-23(19-22)29(28)35-32(38)30-27-7-5-4-6-24(18-21-10-8-20(2)9-11-21)31(27)37(36-30)26-16-14-25(34)15-17-26/h8-11,14-17,22-24,28-29H,3-7,12-13,18-19H2,1-2H3,(H,35,38). The molecule has 1 aromatic heterocycles. The Morgan fingerprint density at radius 1 is 1.02 bits per heavy atom. The lowest BCUT2D eigenvalue weighted by Gasteiger charge is -2.30. The van der Waals surface area contributed by atoms with Gasteiger partial charge in [0.15, 0.2) is 5.69 Å². The zero-order valence-electron chi connectivity index (χ0n) is 23.4. The van der Waals surface area contributed by atoms with E-state index in [0.29, 0.717) is 12.3 Å². The van der Waals surface area contributed by atoms with E-state index in [1.54, 1.807) is 12.1 Å². The number of rotatable bonds is 7. The van der Waals surface area contributed by atoms with E-state index in [1.807, 2.05) is 11.6 Å². The molecule has 0 radical (unpaired) electrons. The molecule has 2 saturated carbocycles. The van der Waals surface area contributed by atoms with E-state index < -0.39 is 0 Å². The predicted molar refractivity (Wildman–Crippen MR) is 151 cm³/mol. The third-order valence-electron chi connectivity index (χ3n) is 9.30. The molecule has 1 heterocycles. The van der Waals surface area contributed by atoms with Crippen LogP contribution in [0.1, 0.15) is 84.2 Å². The Balaban J connectivity index is 1.37. The van der Waals surface area contributed by atoms with E-state index >= 15 is 0 Å². The van der Waals surface area contributed by atoms with Crippen LogP contribution >= 0.6 is 0 Å². The fourth-order valence-corrected chi connectivity index (χ4v) is 7.42. The summed E-state index contributed by atoms with van der Waals surface area (Å²) >= 11 is 0. The van der Waals surface area contributed by atoms with Gasteiger partial charge in [0.2, 0.25) is 0 Å². The lowest BCUT2D eigenvalue weighted by Crippen LogP contribution is -2.47. The second-order valence-electron chi connectivity index (χ2n) is 11.8. The first kappa shape index (κ1) is 26.7. The highest BCUT2D eigenvalue weighted by Crippen LogP contribution is 2.49. The normalized spacial score (nSPS) is 25.3. The Hall–Kier alpha value is -3.48. The second kappa shape index (κ2) is 11.2. The van der Waals surface area contributed by atoms with Crippen LogP contribution < -0.4 is 5.32 Å². The summed E-state index contributed by atoms with van der Waals surface area (Å²) < 4.78 is 21.1. The minimum absolute atomic E-state index is 0.175. The van der Waals surface area contributed by atoms with Crippen LogP contribution in [0, 0.1) is 30.5 Å². The summed E-state index contributed by atoms with van der Waals surface area (Å²) in [5.41, 5.74) is 5.68. The topological polar surface area (TPSA) is 73.2 Å². The maximum absolute atomic E-state index is 14.0. The van der Waals surface area contributed by atoms with Gasteiger partial charge in [0.05, 0.1) is 23.9 Å². The van der Waals surface area contributed by atoms with E-state index in [2.05, 4.69) is 36.5 Å². The van der Waals surface area contributed by atoms with Crippen LogP contribution in [-0.2, 0) is 22.4 Å². The quantitative estimate of drug-likeness (QED) is 0.290. The van der Waals surface area contributed by atoms with E-state index in [-0.39, 0.29) is 47.4 Å². The number of aryl methyl sites for hydroxylation is 1. The number of nitrogens with one attached hydrogen (secondary N) is 1. The van der Waals surface area contributed by atoms with Crippen LogP contribution in [0.4, 0.5) is 4.39 Å². The molecule has 0 saturated heterocycles. The number of halogens is 1. The Labute approximate surface area is 235 Å². The highest BCUT2D eigenvalue weighted by Gasteiger charge is 2.52. The molecule has 3 aromatic rings. The molecule has 5 atom stereocenters. The molecule has 1 amide bonds. The SMILES string of the molecule is CCOC(=O)C1C2CCC(C2)C1NC(=O)c1nn(-c2ccc(F)cc2)c2c1CCCCC2Cc1ccc(C)cc1. The number of hydrogen-bond acceptors (Lipinski definition) is 4. The molecule has 3 aliphatic carbocycles. The number of nitrogens with zero attached hydrogens (tertiary/aromatic N) is 2. The minimum Gasteiger partial charge on any atom is -0.466 e. The third-order valence-corrected chi connectivity index (χ3v) is 9.30. The van der Waals surface area contributed by atoms with E-state index in [9.17, 15) is 14.0 Å². The number of hydrogen-bond donors (Lipinski definition) is 1. The van der Waals surface area contributed by atoms with E-state index in [0.717, 1.165) is 68.3 Å². The van der Waals surface area contributed by atoms with Crippen molar-refractivity contribution in [2.45, 2.75) is 77.2 Å². The van der Waals surface area contributed by atoms with Crippen LogP contribution in [0.25, 0.3) is 5.69 Å². The molecule has 40 heavy (non-hydrogen) atoms. The molecule has 6 rings (SSSR count). The second-order valence-corrected chi connectivity index (χ2v) is 11.8. The van der Waals surface area contributed by atoms with Gasteiger partial charge in [-0.3, -0.25) is 9.59 Å². The Kier molecular flexibility index (Phi) is 7.47. The molecule has 5 unspecified atom stereocenters. The van der Waals surface area contributed by atoms with Gasteiger partial charge in [-0.25, -0.2) is 9.07 Å². The first-order chi connectivity index (χ1) is 19.4. The molecule has 210 valence electrons. The largest absolute Gasteiger partial charge is 0.466 e. The minimum atomic E-state index is -0.308. The van der Waals surface area contributed by atoms with E-state index in [4.69, 9.17) is 9.84 Å². The molecule has 2 aromatic carbocycles. The van der Waals surface area contributed by atoms with Crippen molar-refractivity contribution in [3.8, 4) is 5.69 Å². The lowest BCUT2D eigenvalue weighted by atomic mass is 9.84. The number of benzene rings is 2. The van der Waals surface area contributed by atoms with Crippen molar-refractivity contribution in [2.24, 2.45) is 17.8 Å². The van der Waals surface area contributed by atoms with Crippen molar-refractivity contribution in [3.63, 3.8) is 0 Å². The van der Waals surface area contributed by atoms with Crippen LogP contribution in [0.5, 0.6) is 0 Å². The number of amides is 1. The molecule has 2 bridgehead atoms.